The minimum Gasteiger partial charge on any atom is -0.362 e. The van der Waals surface area contributed by atoms with Crippen molar-refractivity contribution in [3.05, 3.63) is 76.0 Å². The highest BCUT2D eigenvalue weighted by molar-refractivity contribution is 5.84. The van der Waals surface area contributed by atoms with E-state index in [2.05, 4.69) is 20.6 Å². The summed E-state index contributed by atoms with van der Waals surface area (Å²) in [5.41, 5.74) is 10.9. The van der Waals surface area contributed by atoms with E-state index in [1.807, 2.05) is 56.6 Å². The second-order valence-electron chi connectivity index (χ2n) is 6.49. The van der Waals surface area contributed by atoms with Crippen LogP contribution in [0.5, 0.6) is 0 Å². The SMILES string of the molecule is Cc1c[nH]c(=O)c2c(CNC/C(=C/Nc3ccccc3)C(C)N)c[nH]c12. The number of hydrogen-bond acceptors (Lipinski definition) is 4. The number of aromatic amines is 2. The Kier molecular flexibility index (Phi) is 5.55. The Morgan fingerprint density at radius 3 is 2.73 bits per heavy atom. The molecule has 6 nitrogen and oxygen atoms in total. The Labute approximate surface area is 152 Å². The monoisotopic (exact) mass is 351 g/mol. The first-order valence-corrected chi connectivity index (χ1v) is 8.71. The quantitative estimate of drug-likeness (QED) is 0.452. The van der Waals surface area contributed by atoms with Crippen LogP contribution in [0.15, 0.2) is 59.3 Å². The third kappa shape index (κ3) is 4.04. The van der Waals surface area contributed by atoms with E-state index in [0.717, 1.165) is 27.9 Å². The fourth-order valence-electron chi connectivity index (χ4n) is 2.89. The van der Waals surface area contributed by atoms with Crippen LogP contribution in [0, 0.1) is 6.92 Å². The lowest BCUT2D eigenvalue weighted by Crippen LogP contribution is -2.28. The summed E-state index contributed by atoms with van der Waals surface area (Å²) in [5, 5.41) is 7.37. The molecule has 0 aliphatic rings. The molecule has 2 aromatic heterocycles. The van der Waals surface area contributed by atoms with Crippen LogP contribution in [0.1, 0.15) is 18.1 Å². The van der Waals surface area contributed by atoms with Crippen molar-refractivity contribution < 1.29 is 0 Å². The van der Waals surface area contributed by atoms with Crippen molar-refractivity contribution in [2.45, 2.75) is 26.4 Å². The molecule has 0 bridgehead atoms. The second-order valence-corrected chi connectivity index (χ2v) is 6.49. The van der Waals surface area contributed by atoms with Crippen LogP contribution in [-0.2, 0) is 6.54 Å². The first-order valence-electron chi connectivity index (χ1n) is 8.71. The number of aryl methyl sites for hydroxylation is 1. The number of hydrogen-bond donors (Lipinski definition) is 5. The number of fused-ring (bicyclic) bond motifs is 1. The summed E-state index contributed by atoms with van der Waals surface area (Å²) in [6.07, 6.45) is 5.56. The summed E-state index contributed by atoms with van der Waals surface area (Å²) >= 11 is 0. The van der Waals surface area contributed by atoms with Crippen LogP contribution in [0.2, 0.25) is 0 Å². The molecular weight excluding hydrogens is 326 g/mol. The van der Waals surface area contributed by atoms with Gasteiger partial charge in [0, 0.05) is 43.4 Å². The molecule has 1 atom stereocenters. The van der Waals surface area contributed by atoms with E-state index in [4.69, 9.17) is 5.73 Å². The molecule has 1 unspecified atom stereocenters. The van der Waals surface area contributed by atoms with E-state index in [1.165, 1.54) is 0 Å². The number of benzene rings is 1. The van der Waals surface area contributed by atoms with Crippen molar-refractivity contribution in [1.29, 1.82) is 0 Å². The highest BCUT2D eigenvalue weighted by Crippen LogP contribution is 2.16. The number of para-hydroxylation sites is 1. The Hall–Kier alpha value is -2.83. The number of nitrogens with one attached hydrogen (secondary N) is 4. The van der Waals surface area contributed by atoms with Crippen LogP contribution >= 0.6 is 0 Å². The van der Waals surface area contributed by atoms with Gasteiger partial charge in [0.25, 0.3) is 5.56 Å². The highest BCUT2D eigenvalue weighted by atomic mass is 16.1. The lowest BCUT2D eigenvalue weighted by molar-refractivity contribution is 0.697. The summed E-state index contributed by atoms with van der Waals surface area (Å²) in [4.78, 5) is 18.1. The summed E-state index contributed by atoms with van der Waals surface area (Å²) in [6.45, 7) is 5.15. The summed E-state index contributed by atoms with van der Waals surface area (Å²) < 4.78 is 0. The van der Waals surface area contributed by atoms with Crippen LogP contribution in [0.25, 0.3) is 10.9 Å². The average molecular weight is 351 g/mol. The number of aromatic nitrogens is 2. The van der Waals surface area contributed by atoms with Gasteiger partial charge in [-0.25, -0.2) is 0 Å². The molecule has 2 heterocycles. The third-order valence-corrected chi connectivity index (χ3v) is 4.43. The maximum Gasteiger partial charge on any atom is 0.257 e. The summed E-state index contributed by atoms with van der Waals surface area (Å²) in [5.74, 6) is 0. The van der Waals surface area contributed by atoms with Gasteiger partial charge in [-0.2, -0.15) is 0 Å². The fourth-order valence-corrected chi connectivity index (χ4v) is 2.89. The predicted molar refractivity (Wildman–Crippen MR) is 107 cm³/mol. The Balaban J connectivity index is 1.67. The van der Waals surface area contributed by atoms with Gasteiger partial charge in [0.1, 0.15) is 0 Å². The third-order valence-electron chi connectivity index (χ3n) is 4.43. The minimum atomic E-state index is -0.0765. The molecule has 1 aromatic carbocycles. The van der Waals surface area contributed by atoms with Crippen molar-refractivity contribution in [3.8, 4) is 0 Å². The van der Waals surface area contributed by atoms with Crippen molar-refractivity contribution >= 4 is 16.6 Å². The zero-order chi connectivity index (χ0) is 18.5. The molecule has 3 aromatic rings. The van der Waals surface area contributed by atoms with Gasteiger partial charge in [0.05, 0.1) is 10.9 Å². The second kappa shape index (κ2) is 8.03. The molecule has 0 radical (unpaired) electrons. The van der Waals surface area contributed by atoms with E-state index >= 15 is 0 Å². The fraction of sp³-hybridized carbons (Fsp3) is 0.250. The minimum absolute atomic E-state index is 0.0719. The molecular formula is C20H25N5O. The molecule has 0 amide bonds. The maximum absolute atomic E-state index is 12.1. The van der Waals surface area contributed by atoms with Gasteiger partial charge in [0.15, 0.2) is 0 Å². The van der Waals surface area contributed by atoms with E-state index in [-0.39, 0.29) is 11.6 Å². The molecule has 0 fully saturated rings. The zero-order valence-electron chi connectivity index (χ0n) is 15.1. The van der Waals surface area contributed by atoms with Crippen molar-refractivity contribution in [2.24, 2.45) is 5.73 Å². The van der Waals surface area contributed by atoms with E-state index in [1.54, 1.807) is 6.20 Å². The normalized spacial score (nSPS) is 13.1. The van der Waals surface area contributed by atoms with E-state index in [9.17, 15) is 4.79 Å². The molecule has 0 aliphatic heterocycles. The Bertz CT molecular complexity index is 953. The molecule has 0 spiro atoms. The number of anilines is 1. The van der Waals surface area contributed by atoms with Crippen LogP contribution < -0.4 is 21.9 Å². The largest absolute Gasteiger partial charge is 0.362 e. The van der Waals surface area contributed by atoms with Gasteiger partial charge in [-0.15, -0.1) is 0 Å². The number of rotatable bonds is 7. The van der Waals surface area contributed by atoms with Gasteiger partial charge in [0.2, 0.25) is 0 Å². The highest BCUT2D eigenvalue weighted by Gasteiger charge is 2.10. The predicted octanol–water partition coefficient (Wildman–Crippen LogP) is 2.60. The molecule has 6 N–H and O–H groups in total. The van der Waals surface area contributed by atoms with Crippen LogP contribution in [-0.4, -0.2) is 22.6 Å². The first-order chi connectivity index (χ1) is 12.6. The van der Waals surface area contributed by atoms with Crippen molar-refractivity contribution in [2.75, 3.05) is 11.9 Å². The van der Waals surface area contributed by atoms with Crippen LogP contribution in [0.4, 0.5) is 5.69 Å². The summed E-state index contributed by atoms with van der Waals surface area (Å²) in [6, 6.07) is 9.87. The van der Waals surface area contributed by atoms with Gasteiger partial charge >= 0.3 is 0 Å². The van der Waals surface area contributed by atoms with Gasteiger partial charge in [-0.3, -0.25) is 4.79 Å². The molecule has 26 heavy (non-hydrogen) atoms. The van der Waals surface area contributed by atoms with E-state index < -0.39 is 0 Å². The smallest absolute Gasteiger partial charge is 0.257 e. The maximum atomic E-state index is 12.1. The van der Waals surface area contributed by atoms with Crippen molar-refractivity contribution in [1.82, 2.24) is 15.3 Å². The molecule has 0 saturated carbocycles. The Morgan fingerprint density at radius 1 is 1.23 bits per heavy atom. The number of nitrogens with two attached hydrogens (primary N) is 1. The number of pyridine rings is 1. The summed E-state index contributed by atoms with van der Waals surface area (Å²) in [7, 11) is 0. The molecule has 6 heteroatoms. The van der Waals surface area contributed by atoms with Crippen LogP contribution in [0.3, 0.4) is 0 Å². The molecule has 0 aliphatic carbocycles. The lowest BCUT2D eigenvalue weighted by atomic mass is 10.1. The Morgan fingerprint density at radius 2 is 2.00 bits per heavy atom. The number of H-pyrrole nitrogens is 2. The van der Waals surface area contributed by atoms with Crippen molar-refractivity contribution in [3.63, 3.8) is 0 Å². The van der Waals surface area contributed by atoms with Gasteiger partial charge in [-0.1, -0.05) is 18.2 Å². The van der Waals surface area contributed by atoms with Gasteiger partial charge in [-0.05, 0) is 42.7 Å². The average Bonchev–Trinajstić information content (AvgIpc) is 3.07. The standard InChI is InChI=1S/C20H25N5O/c1-13-8-25-20(26)18-16(12-24-19(13)18)10-22-9-15(14(2)21)11-23-17-6-4-3-5-7-17/h3-8,11-12,14,22-24H,9-10,21H2,1-2H3,(H,25,26)/b15-11-. The lowest BCUT2D eigenvalue weighted by Gasteiger charge is -2.13. The topological polar surface area (TPSA) is 98.7 Å². The zero-order valence-corrected chi connectivity index (χ0v) is 15.1. The van der Waals surface area contributed by atoms with Gasteiger partial charge < -0.3 is 26.3 Å². The molecule has 3 rings (SSSR count). The molecule has 0 saturated heterocycles. The van der Waals surface area contributed by atoms with E-state index in [0.29, 0.717) is 18.5 Å². The first kappa shape index (κ1) is 18.0. The molecule has 136 valence electrons.